The van der Waals surface area contributed by atoms with E-state index in [2.05, 4.69) is 15.3 Å². The van der Waals surface area contributed by atoms with Gasteiger partial charge in [0.25, 0.3) is 0 Å². The van der Waals surface area contributed by atoms with Gasteiger partial charge >= 0.3 is 0 Å². The molecule has 5 nitrogen and oxygen atoms in total. The normalized spacial score (nSPS) is 10.1. The number of hydrogen-bond donors (Lipinski definition) is 0. The molecule has 0 fully saturated rings. The van der Waals surface area contributed by atoms with Crippen LogP contribution in [0.4, 0.5) is 5.82 Å². The molecule has 2 aromatic rings. The highest BCUT2D eigenvalue weighted by molar-refractivity contribution is 5.34. The Morgan fingerprint density at radius 3 is 2.93 bits per heavy atom. The first-order valence-electron chi connectivity index (χ1n) is 4.11. The van der Waals surface area contributed by atoms with Crippen molar-refractivity contribution < 1.29 is 0 Å². The average molecular weight is 188 g/mol. The number of pyridine rings is 1. The van der Waals surface area contributed by atoms with Crippen molar-refractivity contribution in [3.63, 3.8) is 0 Å². The molecule has 5 heteroatoms. The zero-order valence-corrected chi connectivity index (χ0v) is 7.58. The molecule has 0 N–H and O–H groups in total. The lowest BCUT2D eigenvalue weighted by Gasteiger charge is -2.00. The zero-order chi connectivity index (χ0) is 9.97. The molecule has 2 heterocycles. The van der Waals surface area contributed by atoms with Gasteiger partial charge in [0.05, 0.1) is 5.69 Å². The maximum absolute atomic E-state index is 10.2. The SMILES string of the molecule is Cc1cc(-n2ccc(N=O)n2)ccn1. The van der Waals surface area contributed by atoms with Crippen LogP contribution < -0.4 is 0 Å². The molecule has 70 valence electrons. The number of rotatable bonds is 2. The summed E-state index contributed by atoms with van der Waals surface area (Å²) in [6.07, 6.45) is 3.38. The van der Waals surface area contributed by atoms with E-state index in [4.69, 9.17) is 0 Å². The van der Waals surface area contributed by atoms with Crippen molar-refractivity contribution in [2.24, 2.45) is 5.18 Å². The van der Waals surface area contributed by atoms with E-state index in [1.807, 2.05) is 19.1 Å². The van der Waals surface area contributed by atoms with E-state index < -0.39 is 0 Å². The Kier molecular flexibility index (Phi) is 2.06. The van der Waals surface area contributed by atoms with Gasteiger partial charge in [0.2, 0.25) is 5.82 Å². The van der Waals surface area contributed by atoms with E-state index in [1.165, 1.54) is 0 Å². The lowest BCUT2D eigenvalue weighted by molar-refractivity contribution is 0.874. The second-order valence-electron chi connectivity index (χ2n) is 2.87. The van der Waals surface area contributed by atoms with Crippen molar-refractivity contribution in [3.05, 3.63) is 41.2 Å². The van der Waals surface area contributed by atoms with Gasteiger partial charge in [-0.25, -0.2) is 4.68 Å². The van der Waals surface area contributed by atoms with Crippen LogP contribution in [0.15, 0.2) is 35.8 Å². The topological polar surface area (TPSA) is 60.1 Å². The molecule has 0 aliphatic heterocycles. The van der Waals surface area contributed by atoms with E-state index in [9.17, 15) is 4.91 Å². The van der Waals surface area contributed by atoms with Gasteiger partial charge in [-0.15, -0.1) is 10.0 Å². The van der Waals surface area contributed by atoms with Crippen molar-refractivity contribution >= 4 is 5.82 Å². The first-order valence-corrected chi connectivity index (χ1v) is 4.11. The second-order valence-corrected chi connectivity index (χ2v) is 2.87. The van der Waals surface area contributed by atoms with Gasteiger partial charge in [0.1, 0.15) is 0 Å². The van der Waals surface area contributed by atoms with Crippen molar-refractivity contribution in [1.29, 1.82) is 0 Å². The summed E-state index contributed by atoms with van der Waals surface area (Å²) in [6.45, 7) is 1.89. The maximum atomic E-state index is 10.2. The fourth-order valence-electron chi connectivity index (χ4n) is 1.18. The number of hydrogen-bond acceptors (Lipinski definition) is 4. The Bertz CT molecular complexity index is 463. The van der Waals surface area contributed by atoms with Crippen LogP contribution in [-0.4, -0.2) is 14.8 Å². The summed E-state index contributed by atoms with van der Waals surface area (Å²) in [6, 6.07) is 5.25. The van der Waals surface area contributed by atoms with Gasteiger partial charge in [-0.3, -0.25) is 4.98 Å². The Labute approximate surface area is 80.4 Å². The van der Waals surface area contributed by atoms with E-state index >= 15 is 0 Å². The zero-order valence-electron chi connectivity index (χ0n) is 7.58. The Hall–Kier alpha value is -2.04. The van der Waals surface area contributed by atoms with Gasteiger partial charge in [-0.1, -0.05) is 0 Å². The molecule has 0 saturated heterocycles. The minimum atomic E-state index is 0.180. The smallest absolute Gasteiger partial charge is 0.217 e. The first-order chi connectivity index (χ1) is 6.79. The van der Waals surface area contributed by atoms with Crippen LogP contribution >= 0.6 is 0 Å². The van der Waals surface area contributed by atoms with Gasteiger partial charge in [0.15, 0.2) is 0 Å². The van der Waals surface area contributed by atoms with Crippen LogP contribution in [0.25, 0.3) is 5.69 Å². The molecule has 0 amide bonds. The largest absolute Gasteiger partial charge is 0.261 e. The van der Waals surface area contributed by atoms with E-state index in [0.717, 1.165) is 11.4 Å². The molecular formula is C9H8N4O. The highest BCUT2D eigenvalue weighted by atomic mass is 16.3. The van der Waals surface area contributed by atoms with Crippen LogP contribution in [-0.2, 0) is 0 Å². The molecule has 0 unspecified atom stereocenters. The fourth-order valence-corrected chi connectivity index (χ4v) is 1.18. The number of aromatic nitrogens is 3. The van der Waals surface area contributed by atoms with Crippen molar-refractivity contribution in [2.75, 3.05) is 0 Å². The minimum absolute atomic E-state index is 0.180. The molecule has 0 bridgehead atoms. The van der Waals surface area contributed by atoms with Crippen LogP contribution in [0.5, 0.6) is 0 Å². The third-order valence-corrected chi connectivity index (χ3v) is 1.81. The highest BCUT2D eigenvalue weighted by Crippen LogP contribution is 2.11. The minimum Gasteiger partial charge on any atom is -0.261 e. The number of nitrogens with zero attached hydrogens (tertiary/aromatic N) is 4. The van der Waals surface area contributed by atoms with Crippen molar-refractivity contribution in [2.45, 2.75) is 6.92 Å². The maximum Gasteiger partial charge on any atom is 0.217 e. The lowest BCUT2D eigenvalue weighted by Crippen LogP contribution is -1.95. The highest BCUT2D eigenvalue weighted by Gasteiger charge is 2.00. The van der Waals surface area contributed by atoms with Gasteiger partial charge in [-0.2, -0.15) is 0 Å². The van der Waals surface area contributed by atoms with Crippen LogP contribution in [0, 0.1) is 11.8 Å². The third-order valence-electron chi connectivity index (χ3n) is 1.81. The molecule has 14 heavy (non-hydrogen) atoms. The molecule has 0 spiro atoms. The van der Waals surface area contributed by atoms with E-state index in [0.29, 0.717) is 0 Å². The second kappa shape index (κ2) is 3.37. The summed E-state index contributed by atoms with van der Waals surface area (Å²) in [5, 5.41) is 6.69. The quantitative estimate of drug-likeness (QED) is 0.677. The van der Waals surface area contributed by atoms with Gasteiger partial charge in [-0.05, 0) is 24.2 Å². The molecule has 0 saturated carbocycles. The van der Waals surface area contributed by atoms with Gasteiger partial charge < -0.3 is 0 Å². The predicted molar refractivity (Wildman–Crippen MR) is 51.6 cm³/mol. The predicted octanol–water partition coefficient (Wildman–Crippen LogP) is 1.97. The fraction of sp³-hybridized carbons (Fsp3) is 0.111. The Balaban J connectivity index is 2.43. The molecule has 2 rings (SSSR count). The van der Waals surface area contributed by atoms with Crippen LogP contribution in [0.3, 0.4) is 0 Å². The van der Waals surface area contributed by atoms with E-state index in [1.54, 1.807) is 23.1 Å². The van der Waals surface area contributed by atoms with E-state index in [-0.39, 0.29) is 5.82 Å². The summed E-state index contributed by atoms with van der Waals surface area (Å²) in [5.74, 6) is 0.180. The summed E-state index contributed by atoms with van der Waals surface area (Å²) >= 11 is 0. The average Bonchev–Trinajstić information content (AvgIpc) is 2.66. The lowest BCUT2D eigenvalue weighted by atomic mass is 10.3. The summed E-state index contributed by atoms with van der Waals surface area (Å²) in [7, 11) is 0. The van der Waals surface area contributed by atoms with Crippen molar-refractivity contribution in [3.8, 4) is 5.69 Å². The summed E-state index contributed by atoms with van der Waals surface area (Å²) < 4.78 is 1.59. The van der Waals surface area contributed by atoms with Crippen LogP contribution in [0.1, 0.15) is 5.69 Å². The molecular weight excluding hydrogens is 180 g/mol. The standard InChI is InChI=1S/C9H8N4O/c1-7-6-8(2-4-10-7)13-5-3-9(11-13)12-14/h2-6H,1H3. The van der Waals surface area contributed by atoms with Gasteiger partial charge in [0, 0.05) is 24.2 Å². The Morgan fingerprint density at radius 2 is 2.29 bits per heavy atom. The third kappa shape index (κ3) is 1.52. The molecule has 0 aromatic carbocycles. The molecule has 0 radical (unpaired) electrons. The molecule has 0 atom stereocenters. The molecule has 0 aliphatic rings. The van der Waals surface area contributed by atoms with Crippen LogP contribution in [0.2, 0.25) is 0 Å². The molecule has 0 aliphatic carbocycles. The summed E-state index contributed by atoms with van der Waals surface area (Å²) in [4.78, 5) is 14.2. The molecule has 2 aromatic heterocycles. The Morgan fingerprint density at radius 1 is 1.43 bits per heavy atom. The van der Waals surface area contributed by atoms with Crippen molar-refractivity contribution in [1.82, 2.24) is 14.8 Å². The summed E-state index contributed by atoms with van der Waals surface area (Å²) in [5.41, 5.74) is 1.77. The number of nitroso groups, excluding NO2 is 1. The number of aryl methyl sites for hydroxylation is 1. The first kappa shape index (κ1) is 8.55. The monoisotopic (exact) mass is 188 g/mol.